The Hall–Kier alpha value is -9.04. The molecule has 0 atom stereocenters. The average molecular weight is 1850 g/mol. The van der Waals surface area contributed by atoms with Gasteiger partial charge in [-0.25, -0.2) is 16.8 Å². The van der Waals surface area contributed by atoms with E-state index < -0.39 is 20.2 Å². The van der Waals surface area contributed by atoms with Gasteiger partial charge in [0.2, 0.25) is 22.8 Å². The standard InChI is InChI=1S/C63H88N2O3S.C59H80N2O3S/c1-5-9-13-15-17-19-21-23-25-27-31-53-35-43-57(44-36-53)64(51-11-7-3)59-47-39-55(40-48-59)63(61-33-29-30-34-62(61)69(66,67)68)56-41-49-60(50-42-56)65(52-12-8-4)58-45-37-54(38-46-58)32-28-26-24-22-20-18-16-14-10-6-2;1-5-9-13-15-17-19-21-23-27-49-31-39-53(40-32-49)60(47-11-7-3)55-43-35-51(36-44-55)59(57-29-25-26-30-58(57)65(62,63)64)52-37-45-56(46-38-52)61(48-12-8-4)54-41-33-50(34-42-54)28-24-22-20-18-16-14-10-6-2/h29-30,33-50H,5-28,31-32,51-52H2,1-4H3;25-26,29-46H,5-24,27-28,47-48H2,1-4H3. The van der Waals surface area contributed by atoms with Crippen molar-refractivity contribution in [3.63, 3.8) is 0 Å². The Morgan fingerprint density at radius 2 is 0.470 bits per heavy atom. The Balaban J connectivity index is 0.000000301. The van der Waals surface area contributed by atoms with E-state index in [0.717, 1.165) is 154 Å². The largest absolute Gasteiger partial charge is 0.744 e. The van der Waals surface area contributed by atoms with Gasteiger partial charge in [0.05, 0.1) is 9.79 Å². The van der Waals surface area contributed by atoms with Gasteiger partial charge in [0, 0.05) is 108 Å². The number of anilines is 4. The van der Waals surface area contributed by atoms with Gasteiger partial charge in [0.25, 0.3) is 0 Å². The number of allylic oxidation sites excluding steroid dienone is 10. The molecule has 2 aliphatic rings. The van der Waals surface area contributed by atoms with E-state index in [9.17, 15) is 25.9 Å². The molecule has 0 fully saturated rings. The van der Waals surface area contributed by atoms with Crippen LogP contribution in [0.1, 0.15) is 382 Å². The molecular formula is C122H168N4O6S2. The molecule has 12 heteroatoms. The number of hydrogen-bond donors (Lipinski definition) is 0. The van der Waals surface area contributed by atoms with Crippen LogP contribution in [-0.2, 0) is 45.9 Å². The normalized spacial score (nSPS) is 12.6. The van der Waals surface area contributed by atoms with E-state index in [1.807, 2.05) is 12.1 Å². The van der Waals surface area contributed by atoms with Crippen LogP contribution >= 0.6 is 0 Å². The van der Waals surface area contributed by atoms with Gasteiger partial charge < -0.3 is 18.9 Å². The fourth-order valence-corrected chi connectivity index (χ4v) is 20.2. The summed E-state index contributed by atoms with van der Waals surface area (Å²) in [5, 5.41) is 0. The Kier molecular flexibility index (Phi) is 50.8. The van der Waals surface area contributed by atoms with E-state index in [-0.39, 0.29) is 9.79 Å². The van der Waals surface area contributed by atoms with Crippen molar-refractivity contribution in [2.75, 3.05) is 36.0 Å². The smallest absolute Gasteiger partial charge is 0.205 e. The highest BCUT2D eigenvalue weighted by molar-refractivity contribution is 7.86. The Bertz CT molecular complexity index is 5150. The van der Waals surface area contributed by atoms with Crippen LogP contribution in [-0.4, -0.2) is 72.7 Å². The first kappa shape index (κ1) is 109. The number of hydrogen-bond acceptors (Lipinski definition) is 8. The van der Waals surface area contributed by atoms with Crippen LogP contribution in [0.2, 0.25) is 0 Å². The number of nitrogens with zero attached hydrogens (tertiary/aromatic N) is 4. The van der Waals surface area contributed by atoms with Gasteiger partial charge in [-0.3, -0.25) is 0 Å². The lowest BCUT2D eigenvalue weighted by Crippen LogP contribution is -2.18. The summed E-state index contributed by atoms with van der Waals surface area (Å²) < 4.78 is 81.4. The summed E-state index contributed by atoms with van der Waals surface area (Å²) in [5.41, 5.74) is 20.2. The quantitative estimate of drug-likeness (QED) is 0.0210. The second-order valence-electron chi connectivity index (χ2n) is 37.8. The van der Waals surface area contributed by atoms with Crippen molar-refractivity contribution >= 4 is 76.9 Å². The maximum atomic E-state index is 12.8. The molecule has 134 heavy (non-hydrogen) atoms. The minimum Gasteiger partial charge on any atom is -0.744 e. The van der Waals surface area contributed by atoms with Crippen molar-refractivity contribution in [2.45, 2.75) is 373 Å². The molecule has 0 bridgehead atoms. The maximum absolute atomic E-state index is 12.8. The van der Waals surface area contributed by atoms with E-state index in [1.54, 1.807) is 24.3 Å². The molecule has 724 valence electrons. The van der Waals surface area contributed by atoms with E-state index in [1.165, 1.54) is 288 Å². The van der Waals surface area contributed by atoms with E-state index >= 15 is 0 Å². The zero-order valence-electron chi connectivity index (χ0n) is 83.9. The van der Waals surface area contributed by atoms with Crippen molar-refractivity contribution < 1.29 is 35.1 Å². The second kappa shape index (κ2) is 62.6. The molecule has 0 aliphatic heterocycles. The van der Waals surface area contributed by atoms with Gasteiger partial charge in [-0.05, 0) is 205 Å². The van der Waals surface area contributed by atoms with Crippen molar-refractivity contribution in [1.29, 1.82) is 0 Å². The summed E-state index contributed by atoms with van der Waals surface area (Å²) in [6.45, 7) is 21.6. The summed E-state index contributed by atoms with van der Waals surface area (Å²) in [4.78, 5) is 4.35. The molecule has 0 saturated carbocycles. The second-order valence-corrected chi connectivity index (χ2v) is 40.5. The third kappa shape index (κ3) is 37.5. The lowest BCUT2D eigenvalue weighted by atomic mass is 9.90. The molecule has 0 radical (unpaired) electrons. The summed E-state index contributed by atoms with van der Waals surface area (Å²) in [7, 11) is -9.51. The van der Waals surface area contributed by atoms with Crippen LogP contribution in [0.15, 0.2) is 264 Å². The van der Waals surface area contributed by atoms with Crippen LogP contribution in [0.5, 0.6) is 0 Å². The predicted octanol–water partition coefficient (Wildman–Crippen LogP) is 34.4. The maximum Gasteiger partial charge on any atom is 0.205 e. The number of aryl methyl sites for hydroxylation is 4. The number of rotatable bonds is 64. The third-order valence-corrected chi connectivity index (χ3v) is 28.7. The van der Waals surface area contributed by atoms with Crippen molar-refractivity contribution in [3.05, 3.63) is 298 Å². The Morgan fingerprint density at radius 3 is 0.716 bits per heavy atom. The summed E-state index contributed by atoms with van der Waals surface area (Å²) >= 11 is 0. The van der Waals surface area contributed by atoms with Gasteiger partial charge in [-0.1, -0.05) is 396 Å². The third-order valence-electron chi connectivity index (χ3n) is 26.9. The first-order chi connectivity index (χ1) is 65.5. The van der Waals surface area contributed by atoms with E-state index in [2.05, 4.69) is 269 Å². The lowest BCUT2D eigenvalue weighted by molar-refractivity contribution is -0.440. The fraction of sp³-hybridized carbons (Fsp3) is 0.492. The Morgan fingerprint density at radius 1 is 0.246 bits per heavy atom. The molecule has 0 saturated heterocycles. The zero-order valence-corrected chi connectivity index (χ0v) is 85.6. The predicted molar refractivity (Wildman–Crippen MR) is 573 cm³/mol. The highest BCUT2D eigenvalue weighted by Gasteiger charge is 2.25. The molecule has 10 nitrogen and oxygen atoms in total. The molecule has 8 aromatic carbocycles. The molecule has 2 aliphatic carbocycles. The van der Waals surface area contributed by atoms with Gasteiger partial charge in [0.15, 0.2) is 0 Å². The topological polar surface area (TPSA) is 127 Å². The lowest BCUT2D eigenvalue weighted by Gasteiger charge is -2.26. The van der Waals surface area contributed by atoms with Gasteiger partial charge in [-0.15, -0.1) is 0 Å². The first-order valence-corrected chi connectivity index (χ1v) is 56.1. The van der Waals surface area contributed by atoms with E-state index in [4.69, 9.17) is 0 Å². The fourth-order valence-electron chi connectivity index (χ4n) is 18.8. The number of benzene rings is 8. The average Bonchev–Trinajstić information content (AvgIpc) is 0.775. The summed E-state index contributed by atoms with van der Waals surface area (Å²) in [6, 6.07) is 66.5. The zero-order chi connectivity index (χ0) is 95.1. The molecule has 10 rings (SSSR count). The molecule has 0 spiro atoms. The highest BCUT2D eigenvalue weighted by Crippen LogP contribution is 2.40. The van der Waals surface area contributed by atoms with Crippen LogP contribution < -0.4 is 9.80 Å². The minimum atomic E-state index is -4.76. The van der Waals surface area contributed by atoms with Gasteiger partial charge >= 0.3 is 0 Å². The van der Waals surface area contributed by atoms with Crippen LogP contribution in [0.4, 0.5) is 34.1 Å². The minimum absolute atomic E-state index is 0.210. The van der Waals surface area contributed by atoms with Crippen LogP contribution in [0.25, 0.3) is 11.1 Å². The van der Waals surface area contributed by atoms with Crippen LogP contribution in [0, 0.1) is 0 Å². The van der Waals surface area contributed by atoms with Gasteiger partial charge in [-0.2, -0.15) is 9.15 Å². The molecule has 0 unspecified atom stereocenters. The molecule has 0 amide bonds. The SMILES string of the molecule is CCCCCCCCCCCCc1ccc(N(CCCC)c2ccc(C(=C3C=CC(=[N+](CCCC)c4ccc(CCCCCCCCCCCC)cc4)C=C3)c3ccccc3S(=O)(=O)[O-])cc2)cc1.CCCCCCCCCCc1ccc(N(CCCC)c2ccc(C(=C3C=CC(=[N+](CCCC)c4ccc(CCCCCCCCCC)cc4)C=C3)c3ccccc3S(=O)(=O)[O-])cc2)cc1. The van der Waals surface area contributed by atoms with Crippen molar-refractivity contribution in [2.24, 2.45) is 0 Å². The first-order valence-electron chi connectivity index (χ1n) is 53.3. The Labute approximate surface area is 814 Å². The van der Waals surface area contributed by atoms with Crippen molar-refractivity contribution in [3.8, 4) is 0 Å². The van der Waals surface area contributed by atoms with Gasteiger partial charge in [0.1, 0.15) is 33.3 Å². The molecule has 0 N–H and O–H groups in total. The summed E-state index contributed by atoms with van der Waals surface area (Å²) in [5.74, 6) is 0. The monoisotopic (exact) mass is 1850 g/mol. The molecular weight excluding hydrogens is 1680 g/mol. The van der Waals surface area contributed by atoms with Crippen molar-refractivity contribution in [1.82, 2.24) is 0 Å². The van der Waals surface area contributed by atoms with E-state index in [0.29, 0.717) is 16.7 Å². The molecule has 8 aromatic rings. The number of unbranched alkanes of at least 4 members (excludes halogenated alkanes) is 36. The molecule has 0 aromatic heterocycles. The highest BCUT2D eigenvalue weighted by atomic mass is 32.2. The summed E-state index contributed by atoms with van der Waals surface area (Å²) in [6.07, 6.45) is 78.0. The van der Waals surface area contributed by atoms with Crippen LogP contribution in [0.3, 0.4) is 0 Å². The molecule has 0 heterocycles.